The number of benzene rings is 1. The van der Waals surface area contributed by atoms with Crippen molar-refractivity contribution in [2.45, 2.75) is 18.8 Å². The molecule has 88 valence electrons. The maximum absolute atomic E-state index is 11.3. The smallest absolute Gasteiger partial charge is 0.306 e. The van der Waals surface area contributed by atoms with Gasteiger partial charge in [-0.2, -0.15) is 0 Å². The Balaban J connectivity index is 3.05. The van der Waals surface area contributed by atoms with Crippen molar-refractivity contribution in [1.82, 2.24) is 0 Å². The Morgan fingerprint density at radius 1 is 1.44 bits per heavy atom. The zero-order valence-corrected chi connectivity index (χ0v) is 9.43. The van der Waals surface area contributed by atoms with Crippen molar-refractivity contribution in [1.29, 1.82) is 0 Å². The van der Waals surface area contributed by atoms with Crippen LogP contribution in [0.1, 0.15) is 18.9 Å². The normalized spacial score (nSPS) is 14.2. The van der Waals surface area contributed by atoms with Crippen LogP contribution < -0.4 is 0 Å². The molecule has 1 aromatic rings. The van der Waals surface area contributed by atoms with E-state index in [1.54, 1.807) is 25.1 Å². The van der Waals surface area contributed by atoms with Crippen molar-refractivity contribution < 1.29 is 19.7 Å². The monoisotopic (exact) mass is 224 g/mol. The van der Waals surface area contributed by atoms with E-state index in [4.69, 9.17) is 0 Å². The first kappa shape index (κ1) is 12.5. The van der Waals surface area contributed by atoms with E-state index >= 15 is 0 Å². The maximum Gasteiger partial charge on any atom is 0.306 e. The molecular formula is C12H16O4. The summed E-state index contributed by atoms with van der Waals surface area (Å²) in [5.41, 5.74) is -0.277. The van der Waals surface area contributed by atoms with Crippen molar-refractivity contribution in [2.75, 3.05) is 13.7 Å². The summed E-state index contributed by atoms with van der Waals surface area (Å²) < 4.78 is 4.58. The number of aliphatic hydroxyl groups excluding tert-OH is 1. The molecule has 0 aliphatic heterocycles. The third kappa shape index (κ3) is 2.52. The largest absolute Gasteiger partial charge is 0.508 e. The van der Waals surface area contributed by atoms with Gasteiger partial charge < -0.3 is 14.9 Å². The number of ether oxygens (including phenoxy) is 1. The second kappa shape index (κ2) is 4.99. The molecule has 0 fully saturated rings. The van der Waals surface area contributed by atoms with Gasteiger partial charge in [-0.3, -0.25) is 4.79 Å². The Morgan fingerprint density at radius 2 is 2.06 bits per heavy atom. The molecule has 1 rings (SSSR count). The first-order valence-corrected chi connectivity index (χ1v) is 4.99. The first-order chi connectivity index (χ1) is 7.53. The fourth-order valence-electron chi connectivity index (χ4n) is 1.61. The van der Waals surface area contributed by atoms with Crippen molar-refractivity contribution in [3.8, 4) is 5.75 Å². The Hall–Kier alpha value is -1.55. The number of hydrogen-bond acceptors (Lipinski definition) is 4. The average molecular weight is 224 g/mol. The number of rotatable bonds is 4. The topological polar surface area (TPSA) is 66.8 Å². The van der Waals surface area contributed by atoms with Gasteiger partial charge in [-0.05, 0) is 6.07 Å². The molecule has 2 N–H and O–H groups in total. The van der Waals surface area contributed by atoms with E-state index < -0.39 is 11.4 Å². The highest BCUT2D eigenvalue weighted by Gasteiger charge is 2.31. The molecule has 1 aromatic carbocycles. The summed E-state index contributed by atoms with van der Waals surface area (Å²) in [4.78, 5) is 11.3. The summed E-state index contributed by atoms with van der Waals surface area (Å²) in [6.07, 6.45) is 0.0254. The van der Waals surface area contributed by atoms with Gasteiger partial charge in [-0.25, -0.2) is 0 Å². The van der Waals surface area contributed by atoms with Gasteiger partial charge in [0.05, 0.1) is 20.1 Å². The lowest BCUT2D eigenvalue weighted by Gasteiger charge is -2.27. The van der Waals surface area contributed by atoms with Gasteiger partial charge in [0.1, 0.15) is 5.75 Å². The van der Waals surface area contributed by atoms with E-state index in [1.807, 2.05) is 0 Å². The number of para-hydroxylation sites is 1. The van der Waals surface area contributed by atoms with Gasteiger partial charge in [-0.15, -0.1) is 0 Å². The highest BCUT2D eigenvalue weighted by atomic mass is 16.5. The number of esters is 1. The van der Waals surface area contributed by atoms with E-state index in [0.717, 1.165) is 0 Å². The Bertz CT molecular complexity index is 375. The van der Waals surface area contributed by atoms with Crippen LogP contribution in [0, 0.1) is 0 Å². The van der Waals surface area contributed by atoms with Crippen LogP contribution in [0.3, 0.4) is 0 Å². The molecule has 0 aliphatic rings. The molecule has 16 heavy (non-hydrogen) atoms. The summed E-state index contributed by atoms with van der Waals surface area (Å²) in [5.74, 6) is -0.345. The third-order valence-corrected chi connectivity index (χ3v) is 2.67. The molecule has 0 spiro atoms. The quantitative estimate of drug-likeness (QED) is 0.754. The summed E-state index contributed by atoms with van der Waals surface area (Å²) >= 11 is 0. The van der Waals surface area contributed by atoms with E-state index in [1.165, 1.54) is 13.2 Å². The predicted molar refractivity (Wildman–Crippen MR) is 59.2 cm³/mol. The standard InChI is InChI=1S/C12H16O4/c1-12(8-13,7-11(15)16-2)9-5-3-4-6-10(9)14/h3-6,13-14H,7-8H2,1-2H3. The van der Waals surface area contributed by atoms with Crippen molar-refractivity contribution in [3.05, 3.63) is 29.8 Å². The summed E-state index contributed by atoms with van der Waals surface area (Å²) in [6.45, 7) is 1.47. The molecule has 0 aromatic heterocycles. The third-order valence-electron chi connectivity index (χ3n) is 2.67. The number of carbonyl (C=O) groups is 1. The van der Waals surface area contributed by atoms with Crippen molar-refractivity contribution in [2.24, 2.45) is 0 Å². The molecule has 0 saturated carbocycles. The van der Waals surface area contributed by atoms with Crippen molar-refractivity contribution in [3.63, 3.8) is 0 Å². The van der Waals surface area contributed by atoms with Crippen LogP contribution in [-0.2, 0) is 14.9 Å². The minimum Gasteiger partial charge on any atom is -0.508 e. The zero-order valence-electron chi connectivity index (χ0n) is 9.43. The van der Waals surface area contributed by atoms with E-state index in [-0.39, 0.29) is 18.8 Å². The molecule has 0 radical (unpaired) electrons. The van der Waals surface area contributed by atoms with Crippen LogP contribution in [0.25, 0.3) is 0 Å². The van der Waals surface area contributed by atoms with Gasteiger partial charge in [0, 0.05) is 11.0 Å². The lowest BCUT2D eigenvalue weighted by molar-refractivity contribution is -0.142. The molecule has 4 heteroatoms. The minimum atomic E-state index is -0.821. The van der Waals surface area contributed by atoms with Gasteiger partial charge in [-0.1, -0.05) is 25.1 Å². The van der Waals surface area contributed by atoms with Crippen LogP contribution in [-0.4, -0.2) is 29.9 Å². The molecule has 0 heterocycles. The molecule has 0 amide bonds. The Labute approximate surface area is 94.5 Å². The lowest BCUT2D eigenvalue weighted by Crippen LogP contribution is -2.30. The fourth-order valence-corrected chi connectivity index (χ4v) is 1.61. The molecule has 4 nitrogen and oxygen atoms in total. The predicted octanol–water partition coefficient (Wildman–Crippen LogP) is 1.21. The van der Waals surface area contributed by atoms with Crippen LogP contribution in [0.4, 0.5) is 0 Å². The van der Waals surface area contributed by atoms with E-state index in [0.29, 0.717) is 5.56 Å². The zero-order chi connectivity index (χ0) is 12.2. The maximum atomic E-state index is 11.3. The van der Waals surface area contributed by atoms with Crippen LogP contribution in [0.15, 0.2) is 24.3 Å². The number of phenols is 1. The fraction of sp³-hybridized carbons (Fsp3) is 0.417. The summed E-state index contributed by atoms with van der Waals surface area (Å²) in [5, 5.41) is 19.1. The summed E-state index contributed by atoms with van der Waals surface area (Å²) in [6, 6.07) is 6.66. The van der Waals surface area contributed by atoms with E-state index in [2.05, 4.69) is 4.74 Å². The molecule has 0 saturated heterocycles. The van der Waals surface area contributed by atoms with Gasteiger partial charge in [0.2, 0.25) is 0 Å². The average Bonchev–Trinajstić information content (AvgIpc) is 2.29. The van der Waals surface area contributed by atoms with Gasteiger partial charge in [0.25, 0.3) is 0 Å². The van der Waals surface area contributed by atoms with Crippen LogP contribution in [0.2, 0.25) is 0 Å². The number of aliphatic hydroxyl groups is 1. The SMILES string of the molecule is COC(=O)CC(C)(CO)c1ccccc1O. The molecule has 1 atom stereocenters. The number of carbonyl (C=O) groups excluding carboxylic acids is 1. The highest BCUT2D eigenvalue weighted by molar-refractivity contribution is 5.71. The Kier molecular flexibility index (Phi) is 3.90. The lowest BCUT2D eigenvalue weighted by atomic mass is 9.80. The molecular weight excluding hydrogens is 208 g/mol. The van der Waals surface area contributed by atoms with E-state index in [9.17, 15) is 15.0 Å². The Morgan fingerprint density at radius 3 is 2.56 bits per heavy atom. The number of methoxy groups -OCH3 is 1. The molecule has 0 bridgehead atoms. The van der Waals surface area contributed by atoms with Crippen LogP contribution >= 0.6 is 0 Å². The summed E-state index contributed by atoms with van der Waals surface area (Å²) in [7, 11) is 1.30. The number of phenolic OH excluding ortho intramolecular Hbond substituents is 1. The van der Waals surface area contributed by atoms with Gasteiger partial charge >= 0.3 is 5.97 Å². The minimum absolute atomic E-state index is 0.0254. The second-order valence-corrected chi connectivity index (χ2v) is 3.99. The first-order valence-electron chi connectivity index (χ1n) is 4.99. The number of hydrogen-bond donors (Lipinski definition) is 2. The second-order valence-electron chi connectivity index (χ2n) is 3.99. The molecule has 1 unspecified atom stereocenters. The van der Waals surface area contributed by atoms with Crippen LogP contribution in [0.5, 0.6) is 5.75 Å². The highest BCUT2D eigenvalue weighted by Crippen LogP contribution is 2.33. The van der Waals surface area contributed by atoms with Gasteiger partial charge in [0.15, 0.2) is 0 Å². The number of aromatic hydroxyl groups is 1. The molecule has 0 aliphatic carbocycles. The van der Waals surface area contributed by atoms with Crippen molar-refractivity contribution >= 4 is 5.97 Å².